The number of aryl methyl sites for hydroxylation is 3. The molecule has 0 saturated heterocycles. The highest BCUT2D eigenvalue weighted by molar-refractivity contribution is 7.07. The van der Waals surface area contributed by atoms with Gasteiger partial charge in [-0.05, 0) is 66.6 Å². The van der Waals surface area contributed by atoms with Crippen molar-refractivity contribution in [1.82, 2.24) is 5.43 Å². The van der Waals surface area contributed by atoms with Crippen molar-refractivity contribution in [1.29, 1.82) is 0 Å². The Bertz CT molecular complexity index is 505. The number of rotatable bonds is 6. The van der Waals surface area contributed by atoms with Gasteiger partial charge in [0.15, 0.2) is 0 Å². The first-order valence-electron chi connectivity index (χ1n) is 6.72. The third-order valence-electron chi connectivity index (χ3n) is 3.57. The Morgan fingerprint density at radius 2 is 2.11 bits per heavy atom. The summed E-state index contributed by atoms with van der Waals surface area (Å²) in [5.41, 5.74) is 8.43. The largest absolute Gasteiger partial charge is 0.271 e. The van der Waals surface area contributed by atoms with Gasteiger partial charge in [-0.25, -0.2) is 0 Å². The van der Waals surface area contributed by atoms with Gasteiger partial charge in [0.1, 0.15) is 0 Å². The second-order valence-corrected chi connectivity index (χ2v) is 5.95. The van der Waals surface area contributed by atoms with Gasteiger partial charge < -0.3 is 0 Å². The van der Waals surface area contributed by atoms with E-state index in [-0.39, 0.29) is 0 Å². The highest BCUT2D eigenvalue weighted by Gasteiger charge is 2.10. The fourth-order valence-corrected chi connectivity index (χ4v) is 3.01. The molecule has 1 heterocycles. The van der Waals surface area contributed by atoms with Crippen LogP contribution in [0, 0.1) is 13.8 Å². The van der Waals surface area contributed by atoms with Crippen molar-refractivity contribution in [3.8, 4) is 0 Å². The smallest absolute Gasteiger partial charge is 0.0254 e. The van der Waals surface area contributed by atoms with Crippen LogP contribution >= 0.6 is 11.3 Å². The number of nitrogens with one attached hydrogen (secondary N) is 1. The van der Waals surface area contributed by atoms with Crippen LogP contribution in [-0.4, -0.2) is 6.04 Å². The quantitative estimate of drug-likeness (QED) is 0.626. The van der Waals surface area contributed by atoms with Gasteiger partial charge in [-0.15, -0.1) is 0 Å². The van der Waals surface area contributed by atoms with Crippen molar-refractivity contribution in [3.05, 3.63) is 57.3 Å². The maximum Gasteiger partial charge on any atom is 0.0254 e. The lowest BCUT2D eigenvalue weighted by Crippen LogP contribution is -2.37. The fraction of sp³-hybridized carbons (Fsp3) is 0.375. The van der Waals surface area contributed by atoms with Crippen molar-refractivity contribution in [2.45, 2.75) is 39.2 Å². The first-order valence-corrected chi connectivity index (χ1v) is 7.66. The van der Waals surface area contributed by atoms with Gasteiger partial charge >= 0.3 is 0 Å². The number of nitrogens with two attached hydrogens (primary N) is 1. The van der Waals surface area contributed by atoms with Crippen molar-refractivity contribution >= 4 is 11.3 Å². The van der Waals surface area contributed by atoms with Crippen molar-refractivity contribution < 1.29 is 0 Å². The van der Waals surface area contributed by atoms with E-state index < -0.39 is 0 Å². The molecule has 2 nitrogen and oxygen atoms in total. The lowest BCUT2D eigenvalue weighted by Gasteiger charge is -2.17. The zero-order valence-electron chi connectivity index (χ0n) is 11.6. The van der Waals surface area contributed by atoms with E-state index in [1.54, 1.807) is 11.3 Å². The molecule has 1 aromatic carbocycles. The monoisotopic (exact) mass is 274 g/mol. The second-order valence-electron chi connectivity index (χ2n) is 5.17. The maximum atomic E-state index is 5.70. The minimum atomic E-state index is 0.334. The second kappa shape index (κ2) is 6.85. The van der Waals surface area contributed by atoms with Crippen LogP contribution in [0.5, 0.6) is 0 Å². The average molecular weight is 274 g/mol. The molecule has 0 bridgehead atoms. The number of hydrazine groups is 1. The van der Waals surface area contributed by atoms with Crippen molar-refractivity contribution in [3.63, 3.8) is 0 Å². The van der Waals surface area contributed by atoms with Crippen LogP contribution in [0.2, 0.25) is 0 Å². The molecular weight excluding hydrogens is 252 g/mol. The SMILES string of the molecule is Cc1ccc(C)c(CC(CCc2ccsc2)NN)c1. The molecule has 0 fully saturated rings. The topological polar surface area (TPSA) is 38.0 Å². The van der Waals surface area contributed by atoms with Crippen LogP contribution in [0.3, 0.4) is 0 Å². The summed E-state index contributed by atoms with van der Waals surface area (Å²) >= 11 is 1.76. The molecule has 3 heteroatoms. The zero-order valence-corrected chi connectivity index (χ0v) is 12.5. The molecule has 3 N–H and O–H groups in total. The van der Waals surface area contributed by atoms with E-state index in [9.17, 15) is 0 Å². The molecule has 102 valence electrons. The van der Waals surface area contributed by atoms with Gasteiger partial charge in [0.05, 0.1) is 0 Å². The lowest BCUT2D eigenvalue weighted by atomic mass is 9.96. The van der Waals surface area contributed by atoms with Crippen LogP contribution in [0.15, 0.2) is 35.0 Å². The average Bonchev–Trinajstić information content (AvgIpc) is 2.91. The first-order chi connectivity index (χ1) is 9.19. The Hall–Kier alpha value is -1.16. The van der Waals surface area contributed by atoms with Crippen molar-refractivity contribution in [2.75, 3.05) is 0 Å². The molecule has 0 aliphatic carbocycles. The standard InChI is InChI=1S/C16H22N2S/c1-12-3-4-13(2)15(9-12)10-16(18-17)6-5-14-7-8-19-11-14/h3-4,7-9,11,16,18H,5-6,10,17H2,1-2H3. The molecule has 1 unspecified atom stereocenters. The van der Waals surface area contributed by atoms with E-state index in [0.29, 0.717) is 6.04 Å². The summed E-state index contributed by atoms with van der Waals surface area (Å²) < 4.78 is 0. The van der Waals surface area contributed by atoms with E-state index in [4.69, 9.17) is 5.84 Å². The zero-order chi connectivity index (χ0) is 13.7. The predicted molar refractivity (Wildman–Crippen MR) is 83.4 cm³/mol. The van der Waals surface area contributed by atoms with Crippen LogP contribution in [0.4, 0.5) is 0 Å². The Balaban J connectivity index is 1.96. The van der Waals surface area contributed by atoms with Gasteiger partial charge in [0, 0.05) is 6.04 Å². The van der Waals surface area contributed by atoms with Crippen LogP contribution in [0.1, 0.15) is 28.7 Å². The molecule has 0 radical (unpaired) electrons. The summed E-state index contributed by atoms with van der Waals surface area (Å²) in [6, 6.07) is 9.15. The molecule has 0 aliphatic rings. The van der Waals surface area contributed by atoms with E-state index in [2.05, 4.69) is 54.3 Å². The highest BCUT2D eigenvalue weighted by atomic mass is 32.1. The summed E-state index contributed by atoms with van der Waals surface area (Å²) in [5.74, 6) is 5.70. The van der Waals surface area contributed by atoms with Gasteiger partial charge in [-0.2, -0.15) is 11.3 Å². The fourth-order valence-electron chi connectivity index (χ4n) is 2.31. The number of hydrogen-bond donors (Lipinski definition) is 2. The number of thiophene rings is 1. The molecule has 0 spiro atoms. The number of hydrogen-bond acceptors (Lipinski definition) is 3. The minimum absolute atomic E-state index is 0.334. The molecule has 1 atom stereocenters. The van der Waals surface area contributed by atoms with E-state index >= 15 is 0 Å². The molecule has 0 saturated carbocycles. The molecular formula is C16H22N2S. The van der Waals surface area contributed by atoms with Crippen LogP contribution in [0.25, 0.3) is 0 Å². The molecule has 1 aromatic heterocycles. The summed E-state index contributed by atoms with van der Waals surface area (Å²) in [4.78, 5) is 0. The van der Waals surface area contributed by atoms with E-state index in [1.807, 2.05) is 0 Å². The summed E-state index contributed by atoms with van der Waals surface area (Å²) in [5, 5.41) is 4.34. The molecule has 2 rings (SSSR count). The minimum Gasteiger partial charge on any atom is -0.271 e. The normalized spacial score (nSPS) is 12.6. The van der Waals surface area contributed by atoms with Crippen LogP contribution < -0.4 is 11.3 Å². The summed E-state index contributed by atoms with van der Waals surface area (Å²) in [7, 11) is 0. The third-order valence-corrected chi connectivity index (χ3v) is 4.30. The van der Waals surface area contributed by atoms with E-state index in [0.717, 1.165) is 19.3 Å². The highest BCUT2D eigenvalue weighted by Crippen LogP contribution is 2.16. The summed E-state index contributed by atoms with van der Waals surface area (Å²) in [6.45, 7) is 4.31. The van der Waals surface area contributed by atoms with Gasteiger partial charge in [0.2, 0.25) is 0 Å². The molecule has 2 aromatic rings. The number of benzene rings is 1. The Morgan fingerprint density at radius 1 is 1.26 bits per heavy atom. The molecule has 19 heavy (non-hydrogen) atoms. The maximum absolute atomic E-state index is 5.70. The van der Waals surface area contributed by atoms with Crippen LogP contribution in [-0.2, 0) is 12.8 Å². The summed E-state index contributed by atoms with van der Waals surface area (Å²) in [6.07, 6.45) is 3.15. The Morgan fingerprint density at radius 3 is 2.79 bits per heavy atom. The van der Waals surface area contributed by atoms with Gasteiger partial charge in [-0.1, -0.05) is 23.8 Å². The lowest BCUT2D eigenvalue weighted by molar-refractivity contribution is 0.491. The van der Waals surface area contributed by atoms with Crippen molar-refractivity contribution in [2.24, 2.45) is 5.84 Å². The Labute approximate surface area is 119 Å². The first kappa shape index (κ1) is 14.3. The van der Waals surface area contributed by atoms with Gasteiger partial charge in [-0.3, -0.25) is 11.3 Å². The predicted octanol–water partition coefficient (Wildman–Crippen LogP) is 3.37. The third kappa shape index (κ3) is 4.16. The molecule has 0 aliphatic heterocycles. The van der Waals surface area contributed by atoms with Gasteiger partial charge in [0.25, 0.3) is 0 Å². The Kier molecular flexibility index (Phi) is 5.14. The van der Waals surface area contributed by atoms with E-state index in [1.165, 1.54) is 22.3 Å². The molecule has 0 amide bonds.